The van der Waals surface area contributed by atoms with Crippen LogP contribution in [0.3, 0.4) is 0 Å². The van der Waals surface area contributed by atoms with Crippen molar-refractivity contribution in [2.45, 2.75) is 26.3 Å². The van der Waals surface area contributed by atoms with E-state index in [1.807, 2.05) is 18.9 Å². The van der Waals surface area contributed by atoms with Crippen LogP contribution in [0.25, 0.3) is 0 Å². The number of nitriles is 1. The number of para-hydroxylation sites is 1. The van der Waals surface area contributed by atoms with Crippen LogP contribution < -0.4 is 5.32 Å². The molecule has 4 heteroatoms. The van der Waals surface area contributed by atoms with E-state index in [0.29, 0.717) is 11.3 Å². The number of hydrogen-bond donors (Lipinski definition) is 1. The fourth-order valence-electron chi connectivity index (χ4n) is 1.67. The van der Waals surface area contributed by atoms with E-state index < -0.39 is 0 Å². The number of benzene rings is 1. The number of nitrogens with one attached hydrogen (secondary N) is 1. The fraction of sp³-hybridized carbons (Fsp3) is 0.429. The summed E-state index contributed by atoms with van der Waals surface area (Å²) in [6.45, 7) is 4.81. The molecule has 1 amide bonds. The maximum Gasteiger partial charge on any atom is 0.241 e. The van der Waals surface area contributed by atoms with Gasteiger partial charge in [0.25, 0.3) is 0 Å². The van der Waals surface area contributed by atoms with E-state index >= 15 is 0 Å². The Morgan fingerprint density at radius 1 is 1.50 bits per heavy atom. The van der Waals surface area contributed by atoms with Crippen LogP contribution in [0.1, 0.15) is 25.8 Å². The molecule has 0 fully saturated rings. The van der Waals surface area contributed by atoms with Gasteiger partial charge in [0.2, 0.25) is 5.91 Å². The van der Waals surface area contributed by atoms with E-state index in [0.717, 1.165) is 13.0 Å². The summed E-state index contributed by atoms with van der Waals surface area (Å²) in [7, 11) is 1.92. The van der Waals surface area contributed by atoms with Crippen LogP contribution in [0, 0.1) is 11.3 Å². The minimum Gasteiger partial charge on any atom is -0.324 e. The third-order valence-corrected chi connectivity index (χ3v) is 2.92. The molecule has 0 saturated heterocycles. The van der Waals surface area contributed by atoms with Crippen LogP contribution in [-0.4, -0.2) is 30.4 Å². The van der Waals surface area contributed by atoms with Gasteiger partial charge in [-0.15, -0.1) is 0 Å². The van der Waals surface area contributed by atoms with Crippen molar-refractivity contribution in [2.24, 2.45) is 0 Å². The first-order chi connectivity index (χ1) is 8.60. The summed E-state index contributed by atoms with van der Waals surface area (Å²) in [6.07, 6.45) is 1.00. The number of anilines is 1. The highest BCUT2D eigenvalue weighted by atomic mass is 16.2. The van der Waals surface area contributed by atoms with Crippen molar-refractivity contribution >= 4 is 11.6 Å². The molecule has 0 bridgehead atoms. The number of carbonyl (C=O) groups is 1. The van der Waals surface area contributed by atoms with Gasteiger partial charge in [-0.2, -0.15) is 5.26 Å². The molecule has 0 saturated carbocycles. The Morgan fingerprint density at radius 3 is 2.78 bits per heavy atom. The number of amides is 1. The molecule has 0 radical (unpaired) electrons. The maximum atomic E-state index is 12.0. The lowest BCUT2D eigenvalue weighted by atomic mass is 10.2. The summed E-state index contributed by atoms with van der Waals surface area (Å²) in [5.41, 5.74) is 1.05. The van der Waals surface area contributed by atoms with Crippen LogP contribution in [0.5, 0.6) is 0 Å². The van der Waals surface area contributed by atoms with Crippen LogP contribution in [-0.2, 0) is 4.79 Å². The molecule has 18 heavy (non-hydrogen) atoms. The normalized spacial score (nSPS) is 11.9. The first kappa shape index (κ1) is 14.2. The van der Waals surface area contributed by atoms with Crippen LogP contribution in [0.15, 0.2) is 24.3 Å². The van der Waals surface area contributed by atoms with Gasteiger partial charge < -0.3 is 5.32 Å². The van der Waals surface area contributed by atoms with E-state index in [1.165, 1.54) is 0 Å². The second-order valence-corrected chi connectivity index (χ2v) is 4.30. The van der Waals surface area contributed by atoms with Gasteiger partial charge in [-0.1, -0.05) is 19.1 Å². The summed E-state index contributed by atoms with van der Waals surface area (Å²) in [4.78, 5) is 14.0. The zero-order valence-corrected chi connectivity index (χ0v) is 11.1. The largest absolute Gasteiger partial charge is 0.324 e. The highest BCUT2D eigenvalue weighted by Gasteiger charge is 2.18. The number of nitrogens with zero attached hydrogens (tertiary/aromatic N) is 2. The average Bonchev–Trinajstić information content (AvgIpc) is 2.38. The fourth-order valence-corrected chi connectivity index (χ4v) is 1.67. The second-order valence-electron chi connectivity index (χ2n) is 4.30. The van der Waals surface area contributed by atoms with Gasteiger partial charge in [-0.05, 0) is 39.1 Å². The SMILES string of the molecule is CCCN(C)C(C)C(=O)Nc1ccccc1C#N. The molecule has 1 rings (SSSR count). The lowest BCUT2D eigenvalue weighted by Crippen LogP contribution is -2.40. The number of likely N-dealkylation sites (N-methyl/N-ethyl adjacent to an activating group) is 1. The molecule has 1 aromatic carbocycles. The molecule has 4 nitrogen and oxygen atoms in total. The Balaban J connectivity index is 2.73. The van der Waals surface area contributed by atoms with Crippen molar-refractivity contribution in [3.63, 3.8) is 0 Å². The van der Waals surface area contributed by atoms with Crippen molar-refractivity contribution in [2.75, 3.05) is 18.9 Å². The van der Waals surface area contributed by atoms with Crippen LogP contribution in [0.4, 0.5) is 5.69 Å². The Morgan fingerprint density at radius 2 is 2.17 bits per heavy atom. The van der Waals surface area contributed by atoms with Gasteiger partial charge in [-0.3, -0.25) is 9.69 Å². The number of carbonyl (C=O) groups excluding carboxylic acids is 1. The molecule has 0 spiro atoms. The molecule has 0 aliphatic rings. The first-order valence-electron chi connectivity index (χ1n) is 6.10. The minimum absolute atomic E-state index is 0.0892. The van der Waals surface area contributed by atoms with Gasteiger partial charge in [0, 0.05) is 0 Å². The van der Waals surface area contributed by atoms with Gasteiger partial charge in [0.05, 0.1) is 17.3 Å². The molecular weight excluding hydrogens is 226 g/mol. The molecular formula is C14H19N3O. The van der Waals surface area contributed by atoms with Crippen molar-refractivity contribution < 1.29 is 4.79 Å². The van der Waals surface area contributed by atoms with Gasteiger partial charge in [0.15, 0.2) is 0 Å². The Labute approximate surface area is 108 Å². The Kier molecular flexibility index (Phi) is 5.34. The predicted molar refractivity (Wildman–Crippen MR) is 72.2 cm³/mol. The van der Waals surface area contributed by atoms with Crippen molar-refractivity contribution in [3.8, 4) is 6.07 Å². The minimum atomic E-state index is -0.211. The van der Waals surface area contributed by atoms with E-state index in [-0.39, 0.29) is 11.9 Å². The van der Waals surface area contributed by atoms with Crippen molar-refractivity contribution in [1.29, 1.82) is 5.26 Å². The van der Waals surface area contributed by atoms with E-state index in [9.17, 15) is 4.79 Å². The average molecular weight is 245 g/mol. The summed E-state index contributed by atoms with van der Waals surface area (Å²) < 4.78 is 0. The third-order valence-electron chi connectivity index (χ3n) is 2.92. The lowest BCUT2D eigenvalue weighted by Gasteiger charge is -2.23. The highest BCUT2D eigenvalue weighted by molar-refractivity contribution is 5.95. The molecule has 0 heterocycles. The predicted octanol–water partition coefficient (Wildman–Crippen LogP) is 2.23. The molecule has 0 aromatic heterocycles. The first-order valence-corrected chi connectivity index (χ1v) is 6.10. The molecule has 0 aliphatic carbocycles. The summed E-state index contributed by atoms with van der Waals surface area (Å²) in [6, 6.07) is 8.87. The smallest absolute Gasteiger partial charge is 0.241 e. The van der Waals surface area contributed by atoms with Gasteiger partial charge in [-0.25, -0.2) is 0 Å². The molecule has 96 valence electrons. The van der Waals surface area contributed by atoms with Gasteiger partial charge >= 0.3 is 0 Å². The van der Waals surface area contributed by atoms with Crippen LogP contribution in [0.2, 0.25) is 0 Å². The monoisotopic (exact) mass is 245 g/mol. The van der Waals surface area contributed by atoms with Crippen molar-refractivity contribution in [1.82, 2.24) is 4.90 Å². The topological polar surface area (TPSA) is 56.1 Å². The van der Waals surface area contributed by atoms with E-state index in [2.05, 4.69) is 18.3 Å². The Bertz CT molecular complexity index is 451. The highest BCUT2D eigenvalue weighted by Crippen LogP contribution is 2.14. The Hall–Kier alpha value is -1.86. The van der Waals surface area contributed by atoms with E-state index in [1.54, 1.807) is 24.3 Å². The van der Waals surface area contributed by atoms with Gasteiger partial charge in [0.1, 0.15) is 6.07 Å². The summed E-state index contributed by atoms with van der Waals surface area (Å²) >= 11 is 0. The second kappa shape index (κ2) is 6.77. The van der Waals surface area contributed by atoms with E-state index in [4.69, 9.17) is 5.26 Å². The molecule has 1 atom stereocenters. The zero-order chi connectivity index (χ0) is 13.5. The lowest BCUT2D eigenvalue weighted by molar-refractivity contribution is -0.120. The quantitative estimate of drug-likeness (QED) is 0.865. The number of rotatable bonds is 5. The van der Waals surface area contributed by atoms with Crippen LogP contribution >= 0.6 is 0 Å². The maximum absolute atomic E-state index is 12.0. The number of hydrogen-bond acceptors (Lipinski definition) is 3. The molecule has 0 aliphatic heterocycles. The standard InChI is InChI=1S/C14H19N3O/c1-4-9-17(3)11(2)14(18)16-13-8-6-5-7-12(13)10-15/h5-8,11H,4,9H2,1-3H3,(H,16,18). The molecule has 1 unspecified atom stereocenters. The molecule has 1 N–H and O–H groups in total. The summed E-state index contributed by atoms with van der Waals surface area (Å²) in [5.74, 6) is -0.0892. The van der Waals surface area contributed by atoms with Crippen molar-refractivity contribution in [3.05, 3.63) is 29.8 Å². The third kappa shape index (κ3) is 3.57. The molecule has 1 aromatic rings. The zero-order valence-electron chi connectivity index (χ0n) is 11.1. The summed E-state index contributed by atoms with van der Waals surface area (Å²) in [5, 5.41) is 11.7.